The van der Waals surface area contributed by atoms with Crippen LogP contribution in [0.3, 0.4) is 0 Å². The molecule has 0 radical (unpaired) electrons. The molecule has 2 unspecified atom stereocenters. The Hall–Kier alpha value is -0.450. The largest absolute Gasteiger partial charge is 0.393 e. The summed E-state index contributed by atoms with van der Waals surface area (Å²) in [6.45, 7) is 9.26. The first-order chi connectivity index (χ1) is 8.32. The number of hydrogen-bond acceptors (Lipinski definition) is 4. The smallest absolute Gasteiger partial charge is 0.0954 e. The molecule has 0 aliphatic carbocycles. The summed E-state index contributed by atoms with van der Waals surface area (Å²) in [7, 11) is 1.69. The van der Waals surface area contributed by atoms with Gasteiger partial charge in [-0.05, 0) is 12.3 Å². The Labute approximate surface area is 114 Å². The van der Waals surface area contributed by atoms with Gasteiger partial charge in [0, 0.05) is 30.9 Å². The summed E-state index contributed by atoms with van der Waals surface area (Å²) in [6, 6.07) is 0. The van der Waals surface area contributed by atoms with Crippen LogP contribution in [-0.4, -0.2) is 29.9 Å². The molecule has 4 heteroatoms. The molecular weight excluding hydrogens is 246 g/mol. The Morgan fingerprint density at radius 2 is 2.11 bits per heavy atom. The minimum Gasteiger partial charge on any atom is -0.393 e. The van der Waals surface area contributed by atoms with E-state index in [0.717, 1.165) is 17.1 Å². The second-order valence-corrected chi connectivity index (χ2v) is 6.97. The molecule has 0 fully saturated rings. The van der Waals surface area contributed by atoms with E-state index in [4.69, 9.17) is 4.74 Å². The van der Waals surface area contributed by atoms with Gasteiger partial charge in [0.2, 0.25) is 0 Å². The molecule has 0 saturated heterocycles. The summed E-state index contributed by atoms with van der Waals surface area (Å²) in [5.41, 5.74) is 1.20. The van der Waals surface area contributed by atoms with Crippen molar-refractivity contribution in [1.82, 2.24) is 4.98 Å². The summed E-state index contributed by atoms with van der Waals surface area (Å²) in [4.78, 5) is 4.60. The number of nitrogens with zero attached hydrogens (tertiary/aromatic N) is 1. The minimum atomic E-state index is -0.325. The lowest BCUT2D eigenvalue weighted by molar-refractivity contribution is 0.101. The topological polar surface area (TPSA) is 42.4 Å². The molecule has 0 saturated carbocycles. The number of ether oxygens (including phenoxy) is 1. The Bertz CT molecular complexity index is 357. The van der Waals surface area contributed by atoms with Gasteiger partial charge in [-0.1, -0.05) is 27.7 Å². The van der Waals surface area contributed by atoms with Crippen LogP contribution in [0, 0.1) is 5.92 Å². The van der Waals surface area contributed by atoms with E-state index in [-0.39, 0.29) is 11.5 Å². The standard InChI is InChI=1S/C14H25NO2S/c1-10(8-17-5)6-11(16)7-13-15-12(9-18-13)14(2,3)4/h9-11,16H,6-8H2,1-5H3. The van der Waals surface area contributed by atoms with Crippen molar-refractivity contribution in [3.05, 3.63) is 16.1 Å². The van der Waals surface area contributed by atoms with Gasteiger partial charge in [-0.2, -0.15) is 0 Å². The van der Waals surface area contributed by atoms with Crippen molar-refractivity contribution in [2.45, 2.75) is 52.1 Å². The quantitative estimate of drug-likeness (QED) is 0.865. The fraction of sp³-hybridized carbons (Fsp3) is 0.786. The highest BCUT2D eigenvalue weighted by molar-refractivity contribution is 7.09. The predicted octanol–water partition coefficient (Wildman–Crippen LogP) is 3.02. The summed E-state index contributed by atoms with van der Waals surface area (Å²) in [5.74, 6) is 0.382. The van der Waals surface area contributed by atoms with Crippen LogP contribution in [0.5, 0.6) is 0 Å². The van der Waals surface area contributed by atoms with Crippen LogP contribution >= 0.6 is 11.3 Å². The molecule has 0 spiro atoms. The van der Waals surface area contributed by atoms with Gasteiger partial charge in [-0.25, -0.2) is 4.98 Å². The Morgan fingerprint density at radius 1 is 1.44 bits per heavy atom. The molecule has 0 aromatic carbocycles. The Morgan fingerprint density at radius 3 is 2.61 bits per heavy atom. The molecule has 18 heavy (non-hydrogen) atoms. The molecular formula is C14H25NO2S. The van der Waals surface area contributed by atoms with Gasteiger partial charge in [0.1, 0.15) is 0 Å². The second-order valence-electron chi connectivity index (χ2n) is 6.03. The maximum Gasteiger partial charge on any atom is 0.0954 e. The van der Waals surface area contributed by atoms with Crippen LogP contribution in [-0.2, 0) is 16.6 Å². The first-order valence-electron chi connectivity index (χ1n) is 6.44. The average Bonchev–Trinajstić information content (AvgIpc) is 2.65. The van der Waals surface area contributed by atoms with Gasteiger partial charge in [0.15, 0.2) is 0 Å². The van der Waals surface area contributed by atoms with Crippen LogP contribution in [0.1, 0.15) is 44.8 Å². The minimum absolute atomic E-state index is 0.0864. The van der Waals surface area contributed by atoms with Gasteiger partial charge in [-0.3, -0.25) is 0 Å². The van der Waals surface area contributed by atoms with Crippen LogP contribution in [0.25, 0.3) is 0 Å². The van der Waals surface area contributed by atoms with Crippen molar-refractivity contribution in [2.24, 2.45) is 5.92 Å². The van der Waals surface area contributed by atoms with Gasteiger partial charge in [-0.15, -0.1) is 11.3 Å². The normalized spacial score (nSPS) is 15.7. The number of aliphatic hydroxyl groups is 1. The number of rotatable bonds is 6. The number of hydrogen-bond donors (Lipinski definition) is 1. The zero-order valence-electron chi connectivity index (χ0n) is 12.1. The van der Waals surface area contributed by atoms with E-state index in [0.29, 0.717) is 18.9 Å². The highest BCUT2D eigenvalue weighted by atomic mass is 32.1. The molecule has 0 bridgehead atoms. The van der Waals surface area contributed by atoms with Crippen molar-refractivity contribution < 1.29 is 9.84 Å². The van der Waals surface area contributed by atoms with E-state index in [9.17, 15) is 5.11 Å². The first-order valence-corrected chi connectivity index (χ1v) is 7.32. The molecule has 1 rings (SSSR count). The number of aliphatic hydroxyl groups excluding tert-OH is 1. The Balaban J connectivity index is 2.49. The summed E-state index contributed by atoms with van der Waals surface area (Å²) >= 11 is 1.64. The molecule has 1 heterocycles. The summed E-state index contributed by atoms with van der Waals surface area (Å²) < 4.78 is 5.08. The fourth-order valence-corrected chi connectivity index (χ4v) is 2.94. The van der Waals surface area contributed by atoms with E-state index < -0.39 is 0 Å². The zero-order valence-corrected chi connectivity index (χ0v) is 12.9. The summed E-state index contributed by atoms with van der Waals surface area (Å²) in [5, 5.41) is 13.1. The maximum atomic E-state index is 10.0. The molecule has 3 nitrogen and oxygen atoms in total. The summed E-state index contributed by atoms with van der Waals surface area (Å²) in [6.07, 6.45) is 1.08. The van der Waals surface area contributed by atoms with Crippen molar-refractivity contribution in [2.75, 3.05) is 13.7 Å². The third-order valence-electron chi connectivity index (χ3n) is 2.86. The SMILES string of the molecule is COCC(C)CC(O)Cc1nc(C(C)(C)C)cs1. The van der Waals surface area contributed by atoms with Gasteiger partial charge in [0.25, 0.3) is 0 Å². The third kappa shape index (κ3) is 5.04. The average molecular weight is 271 g/mol. The lowest BCUT2D eigenvalue weighted by Gasteiger charge is -2.15. The van der Waals surface area contributed by atoms with E-state index >= 15 is 0 Å². The molecule has 1 aromatic rings. The van der Waals surface area contributed by atoms with E-state index in [1.807, 2.05) is 0 Å². The predicted molar refractivity (Wildman–Crippen MR) is 76.2 cm³/mol. The molecule has 2 atom stereocenters. The van der Waals surface area contributed by atoms with E-state index in [1.165, 1.54) is 0 Å². The third-order valence-corrected chi connectivity index (χ3v) is 3.73. The molecule has 0 amide bonds. The number of aromatic nitrogens is 1. The molecule has 0 aliphatic heterocycles. The van der Waals surface area contributed by atoms with E-state index in [1.54, 1.807) is 18.4 Å². The molecule has 1 N–H and O–H groups in total. The van der Waals surface area contributed by atoms with Gasteiger partial charge >= 0.3 is 0 Å². The molecule has 104 valence electrons. The van der Waals surface area contributed by atoms with Crippen LogP contribution < -0.4 is 0 Å². The van der Waals surface area contributed by atoms with Crippen molar-refractivity contribution in [3.63, 3.8) is 0 Å². The zero-order chi connectivity index (χ0) is 13.8. The molecule has 1 aromatic heterocycles. The number of methoxy groups -OCH3 is 1. The highest BCUT2D eigenvalue weighted by Crippen LogP contribution is 2.25. The molecule has 0 aliphatic rings. The van der Waals surface area contributed by atoms with Crippen LogP contribution in [0.2, 0.25) is 0 Å². The fourth-order valence-electron chi connectivity index (χ4n) is 1.85. The van der Waals surface area contributed by atoms with Crippen molar-refractivity contribution in [1.29, 1.82) is 0 Å². The first kappa shape index (κ1) is 15.6. The van der Waals surface area contributed by atoms with Crippen molar-refractivity contribution in [3.8, 4) is 0 Å². The van der Waals surface area contributed by atoms with Gasteiger partial charge < -0.3 is 9.84 Å². The highest BCUT2D eigenvalue weighted by Gasteiger charge is 2.19. The second kappa shape index (κ2) is 6.64. The maximum absolute atomic E-state index is 10.0. The van der Waals surface area contributed by atoms with Crippen LogP contribution in [0.4, 0.5) is 0 Å². The van der Waals surface area contributed by atoms with Gasteiger partial charge in [0.05, 0.1) is 16.8 Å². The lowest BCUT2D eigenvalue weighted by Crippen LogP contribution is -2.18. The van der Waals surface area contributed by atoms with Crippen LogP contribution in [0.15, 0.2) is 5.38 Å². The number of thiazole rings is 1. The lowest BCUT2D eigenvalue weighted by atomic mass is 9.93. The van der Waals surface area contributed by atoms with E-state index in [2.05, 4.69) is 38.1 Å². The monoisotopic (exact) mass is 271 g/mol. The van der Waals surface area contributed by atoms with Crippen molar-refractivity contribution >= 4 is 11.3 Å². The Kier molecular flexibility index (Phi) is 5.76.